The summed E-state index contributed by atoms with van der Waals surface area (Å²) in [6.45, 7) is 0.181. The maximum atomic E-state index is 13.8. The van der Waals surface area contributed by atoms with E-state index in [4.69, 9.17) is 0 Å². The first kappa shape index (κ1) is 16.6. The van der Waals surface area contributed by atoms with E-state index < -0.39 is 5.82 Å². The molecule has 0 saturated heterocycles. The first-order valence-corrected chi connectivity index (χ1v) is 8.25. The van der Waals surface area contributed by atoms with E-state index in [0.717, 1.165) is 5.69 Å². The third-order valence-corrected chi connectivity index (χ3v) is 3.98. The number of nitrogens with one attached hydrogen (secondary N) is 1. The Kier molecular flexibility index (Phi) is 4.44. The van der Waals surface area contributed by atoms with E-state index in [-0.39, 0.29) is 23.8 Å². The third-order valence-electron chi connectivity index (χ3n) is 3.98. The van der Waals surface area contributed by atoms with Crippen molar-refractivity contribution < 1.29 is 9.18 Å². The van der Waals surface area contributed by atoms with Crippen molar-refractivity contribution in [3.63, 3.8) is 0 Å². The molecule has 8 heteroatoms. The van der Waals surface area contributed by atoms with Crippen LogP contribution in [0.25, 0.3) is 11.4 Å². The van der Waals surface area contributed by atoms with Gasteiger partial charge in [-0.15, -0.1) is 10.2 Å². The molecule has 0 aliphatic heterocycles. The van der Waals surface area contributed by atoms with Gasteiger partial charge in [-0.05, 0) is 30.3 Å². The van der Waals surface area contributed by atoms with Crippen LogP contribution in [-0.4, -0.2) is 30.5 Å². The number of halogens is 1. The normalized spacial score (nSPS) is 10.7. The van der Waals surface area contributed by atoms with E-state index >= 15 is 0 Å². The van der Waals surface area contributed by atoms with Crippen molar-refractivity contribution in [3.05, 3.63) is 90.5 Å². The van der Waals surface area contributed by atoms with Crippen LogP contribution in [0, 0.1) is 5.82 Å². The minimum atomic E-state index is -0.413. The summed E-state index contributed by atoms with van der Waals surface area (Å²) in [6.07, 6.45) is 3.13. The molecule has 2 aromatic carbocycles. The molecule has 2 heterocycles. The Hall–Kier alpha value is -3.81. The Morgan fingerprint density at radius 2 is 1.81 bits per heavy atom. The van der Waals surface area contributed by atoms with Crippen molar-refractivity contribution in [3.8, 4) is 11.4 Å². The minimum absolute atomic E-state index is 0.181. The zero-order valence-corrected chi connectivity index (χ0v) is 14.2. The van der Waals surface area contributed by atoms with E-state index in [0.29, 0.717) is 5.82 Å². The lowest BCUT2D eigenvalue weighted by Crippen LogP contribution is -2.25. The predicted octanol–water partition coefficient (Wildman–Crippen LogP) is 2.52. The van der Waals surface area contributed by atoms with Crippen molar-refractivity contribution in [2.24, 2.45) is 0 Å². The number of rotatable bonds is 5. The standard InChI is InChI=1S/C19H15FN6O/c20-15-8-4-5-9-17(15)26-11-10-16(24-26)19(27)21-12-18-23-22-13-25(18)14-6-2-1-3-7-14/h1-11,13H,12H2,(H,21,27). The Balaban J connectivity index is 1.47. The Morgan fingerprint density at radius 1 is 1.04 bits per heavy atom. The van der Waals surface area contributed by atoms with Gasteiger partial charge in [0.2, 0.25) is 0 Å². The van der Waals surface area contributed by atoms with Crippen LogP contribution in [0.3, 0.4) is 0 Å². The van der Waals surface area contributed by atoms with Crippen LogP contribution in [0.4, 0.5) is 4.39 Å². The van der Waals surface area contributed by atoms with Gasteiger partial charge in [0, 0.05) is 11.9 Å². The van der Waals surface area contributed by atoms with Crippen LogP contribution in [0.1, 0.15) is 16.3 Å². The van der Waals surface area contributed by atoms with Gasteiger partial charge < -0.3 is 5.32 Å². The Bertz CT molecular complexity index is 1070. The van der Waals surface area contributed by atoms with E-state index in [2.05, 4.69) is 20.6 Å². The van der Waals surface area contributed by atoms with E-state index in [1.807, 2.05) is 30.3 Å². The molecule has 0 spiro atoms. The zero-order valence-electron chi connectivity index (χ0n) is 14.2. The van der Waals surface area contributed by atoms with Gasteiger partial charge in [-0.2, -0.15) is 5.10 Å². The van der Waals surface area contributed by atoms with Crippen LogP contribution in [0.15, 0.2) is 73.2 Å². The number of carbonyl (C=O) groups excluding carboxylic acids is 1. The lowest BCUT2D eigenvalue weighted by molar-refractivity contribution is 0.0944. The Labute approximate surface area is 154 Å². The number of benzene rings is 2. The highest BCUT2D eigenvalue weighted by atomic mass is 19.1. The number of hydrogen-bond acceptors (Lipinski definition) is 4. The fraction of sp³-hybridized carbons (Fsp3) is 0.0526. The minimum Gasteiger partial charge on any atom is -0.343 e. The van der Waals surface area contributed by atoms with Crippen molar-refractivity contribution in [2.75, 3.05) is 0 Å². The van der Waals surface area contributed by atoms with Crippen LogP contribution in [-0.2, 0) is 6.54 Å². The number of amides is 1. The van der Waals surface area contributed by atoms with Crippen molar-refractivity contribution in [1.82, 2.24) is 29.9 Å². The molecule has 0 saturated carbocycles. The number of nitrogens with zero attached hydrogens (tertiary/aromatic N) is 5. The molecule has 2 aromatic heterocycles. The van der Waals surface area contributed by atoms with Gasteiger partial charge in [-0.1, -0.05) is 30.3 Å². The summed E-state index contributed by atoms with van der Waals surface area (Å²) in [6, 6.07) is 17.3. The van der Waals surface area contributed by atoms with Gasteiger partial charge >= 0.3 is 0 Å². The number of para-hydroxylation sites is 2. The van der Waals surface area contributed by atoms with Gasteiger partial charge in [0.1, 0.15) is 17.8 Å². The van der Waals surface area contributed by atoms with Gasteiger partial charge in [0.05, 0.1) is 6.54 Å². The second kappa shape index (κ2) is 7.20. The second-order valence-corrected chi connectivity index (χ2v) is 5.73. The molecule has 0 fully saturated rings. The average Bonchev–Trinajstić information content (AvgIpc) is 3.37. The third kappa shape index (κ3) is 3.45. The zero-order chi connectivity index (χ0) is 18.6. The summed E-state index contributed by atoms with van der Waals surface area (Å²) >= 11 is 0. The quantitative estimate of drug-likeness (QED) is 0.592. The van der Waals surface area contributed by atoms with Gasteiger partial charge in [-0.3, -0.25) is 9.36 Å². The maximum absolute atomic E-state index is 13.8. The lowest BCUT2D eigenvalue weighted by Gasteiger charge is -2.07. The summed E-state index contributed by atoms with van der Waals surface area (Å²) in [4.78, 5) is 12.4. The summed E-state index contributed by atoms with van der Waals surface area (Å²) in [7, 11) is 0. The van der Waals surface area contributed by atoms with Crippen LogP contribution < -0.4 is 5.32 Å². The molecule has 1 N–H and O–H groups in total. The van der Waals surface area contributed by atoms with Crippen LogP contribution in [0.2, 0.25) is 0 Å². The summed E-state index contributed by atoms with van der Waals surface area (Å²) in [5, 5.41) is 14.9. The lowest BCUT2D eigenvalue weighted by atomic mass is 10.3. The highest BCUT2D eigenvalue weighted by Gasteiger charge is 2.13. The molecule has 27 heavy (non-hydrogen) atoms. The highest BCUT2D eigenvalue weighted by molar-refractivity contribution is 5.92. The van der Waals surface area contributed by atoms with E-state index in [9.17, 15) is 9.18 Å². The highest BCUT2D eigenvalue weighted by Crippen LogP contribution is 2.12. The molecule has 4 rings (SSSR count). The molecule has 0 radical (unpaired) electrons. The molecule has 134 valence electrons. The van der Waals surface area contributed by atoms with Crippen LogP contribution in [0.5, 0.6) is 0 Å². The number of carbonyl (C=O) groups is 1. The summed E-state index contributed by atoms with van der Waals surface area (Å²) in [5.74, 6) is -0.209. The largest absolute Gasteiger partial charge is 0.343 e. The first-order valence-electron chi connectivity index (χ1n) is 8.25. The average molecular weight is 362 g/mol. The molecule has 7 nitrogen and oxygen atoms in total. The predicted molar refractivity (Wildman–Crippen MR) is 96.1 cm³/mol. The molecule has 4 aromatic rings. The fourth-order valence-electron chi connectivity index (χ4n) is 2.65. The number of aromatic nitrogens is 5. The van der Waals surface area contributed by atoms with Gasteiger partial charge in [0.25, 0.3) is 5.91 Å². The van der Waals surface area contributed by atoms with Crippen LogP contribution >= 0.6 is 0 Å². The first-order chi connectivity index (χ1) is 13.2. The van der Waals surface area contributed by atoms with Crippen molar-refractivity contribution in [1.29, 1.82) is 0 Å². The van der Waals surface area contributed by atoms with E-state index in [1.54, 1.807) is 35.3 Å². The molecular weight excluding hydrogens is 347 g/mol. The Morgan fingerprint density at radius 3 is 2.63 bits per heavy atom. The topological polar surface area (TPSA) is 77.6 Å². The van der Waals surface area contributed by atoms with Crippen molar-refractivity contribution >= 4 is 5.91 Å². The smallest absolute Gasteiger partial charge is 0.272 e. The second-order valence-electron chi connectivity index (χ2n) is 5.73. The molecule has 0 bridgehead atoms. The number of hydrogen-bond donors (Lipinski definition) is 1. The molecule has 1 amide bonds. The van der Waals surface area contributed by atoms with Gasteiger partial charge in [0.15, 0.2) is 11.5 Å². The molecular formula is C19H15FN6O. The molecule has 0 aliphatic carbocycles. The molecule has 0 unspecified atom stereocenters. The summed E-state index contributed by atoms with van der Waals surface area (Å²) in [5.41, 5.74) is 1.36. The van der Waals surface area contributed by atoms with E-state index in [1.165, 1.54) is 16.8 Å². The fourth-order valence-corrected chi connectivity index (χ4v) is 2.65. The maximum Gasteiger partial charge on any atom is 0.272 e. The van der Waals surface area contributed by atoms with Crippen molar-refractivity contribution in [2.45, 2.75) is 6.54 Å². The molecule has 0 atom stereocenters. The SMILES string of the molecule is O=C(NCc1nncn1-c1ccccc1)c1ccn(-c2ccccc2F)n1. The molecule has 0 aliphatic rings. The van der Waals surface area contributed by atoms with Gasteiger partial charge in [-0.25, -0.2) is 9.07 Å². The monoisotopic (exact) mass is 362 g/mol. The summed E-state index contributed by atoms with van der Waals surface area (Å²) < 4.78 is 17.0.